The Bertz CT molecular complexity index is 703. The van der Waals surface area contributed by atoms with E-state index in [2.05, 4.69) is 0 Å². The van der Waals surface area contributed by atoms with Gasteiger partial charge >= 0.3 is 5.97 Å². The monoisotopic (exact) mass is 273 g/mol. The lowest BCUT2D eigenvalue weighted by molar-refractivity contribution is 0.0696. The fourth-order valence-corrected chi connectivity index (χ4v) is 2.01. The van der Waals surface area contributed by atoms with Crippen molar-refractivity contribution in [1.29, 1.82) is 0 Å². The highest BCUT2D eigenvalue weighted by atomic mass is 16.5. The molecule has 104 valence electrons. The number of hydrogen-bond donors (Lipinski definition) is 1. The van der Waals surface area contributed by atoms with Gasteiger partial charge < -0.3 is 14.4 Å². The van der Waals surface area contributed by atoms with Crippen LogP contribution in [0.5, 0.6) is 5.75 Å². The van der Waals surface area contributed by atoms with Crippen LogP contribution in [-0.4, -0.2) is 22.8 Å². The lowest BCUT2D eigenvalue weighted by atomic mass is 10.1. The number of rotatable bonds is 4. The molecule has 0 aliphatic carbocycles. The summed E-state index contributed by atoms with van der Waals surface area (Å²) in [5, 5.41) is 8.82. The summed E-state index contributed by atoms with van der Waals surface area (Å²) in [6.07, 6.45) is 1.49. The molecule has 1 aromatic heterocycles. The van der Waals surface area contributed by atoms with Crippen LogP contribution < -0.4 is 10.3 Å². The highest BCUT2D eigenvalue weighted by molar-refractivity contribution is 5.87. The Morgan fingerprint density at radius 1 is 1.30 bits per heavy atom. The SMILES string of the molecule is COc1ccc(Cn2ccc(C(=O)O)cc2=O)cc1C. The van der Waals surface area contributed by atoms with Crippen LogP contribution in [0.2, 0.25) is 0 Å². The Hall–Kier alpha value is -2.56. The molecule has 1 aromatic carbocycles. The molecule has 2 aromatic rings. The molecule has 0 saturated carbocycles. The minimum atomic E-state index is -1.10. The molecule has 0 saturated heterocycles. The summed E-state index contributed by atoms with van der Waals surface area (Å²) < 4.78 is 6.65. The number of nitrogens with zero attached hydrogens (tertiary/aromatic N) is 1. The zero-order valence-electron chi connectivity index (χ0n) is 11.3. The Kier molecular flexibility index (Phi) is 3.89. The second-order valence-electron chi connectivity index (χ2n) is 4.49. The van der Waals surface area contributed by atoms with E-state index in [1.807, 2.05) is 25.1 Å². The van der Waals surface area contributed by atoms with Crippen LogP contribution in [0.3, 0.4) is 0 Å². The van der Waals surface area contributed by atoms with Gasteiger partial charge in [-0.1, -0.05) is 12.1 Å². The molecule has 20 heavy (non-hydrogen) atoms. The van der Waals surface area contributed by atoms with Gasteiger partial charge in [0.25, 0.3) is 5.56 Å². The second-order valence-corrected chi connectivity index (χ2v) is 4.49. The van der Waals surface area contributed by atoms with Crippen molar-refractivity contribution in [2.24, 2.45) is 0 Å². The first-order chi connectivity index (χ1) is 9.51. The van der Waals surface area contributed by atoms with Crippen molar-refractivity contribution in [2.75, 3.05) is 7.11 Å². The average molecular weight is 273 g/mol. The Morgan fingerprint density at radius 3 is 2.60 bits per heavy atom. The zero-order chi connectivity index (χ0) is 14.7. The summed E-state index contributed by atoms with van der Waals surface area (Å²) in [5.74, 6) is -0.308. The fraction of sp³-hybridized carbons (Fsp3) is 0.200. The molecular formula is C15H15NO4. The van der Waals surface area contributed by atoms with E-state index in [1.165, 1.54) is 16.8 Å². The summed E-state index contributed by atoms with van der Waals surface area (Å²) in [5.41, 5.74) is 1.60. The number of pyridine rings is 1. The van der Waals surface area contributed by atoms with Crippen LogP contribution in [0.15, 0.2) is 41.3 Å². The maximum Gasteiger partial charge on any atom is 0.335 e. The summed E-state index contributed by atoms with van der Waals surface area (Å²) in [6.45, 7) is 2.32. The van der Waals surface area contributed by atoms with E-state index in [0.717, 1.165) is 22.9 Å². The summed E-state index contributed by atoms with van der Waals surface area (Å²) in [7, 11) is 1.61. The molecule has 0 amide bonds. The van der Waals surface area contributed by atoms with Crippen molar-refractivity contribution < 1.29 is 14.6 Å². The molecule has 5 heteroatoms. The molecule has 5 nitrogen and oxygen atoms in total. The Labute approximate surface area is 116 Å². The molecule has 0 fully saturated rings. The summed E-state index contributed by atoms with van der Waals surface area (Å²) in [6, 6.07) is 8.21. The van der Waals surface area contributed by atoms with Gasteiger partial charge in [-0.2, -0.15) is 0 Å². The second kappa shape index (κ2) is 5.61. The highest BCUT2D eigenvalue weighted by Crippen LogP contribution is 2.18. The van der Waals surface area contributed by atoms with Crippen molar-refractivity contribution in [3.05, 3.63) is 63.6 Å². The van der Waals surface area contributed by atoms with E-state index in [0.29, 0.717) is 6.54 Å². The van der Waals surface area contributed by atoms with Gasteiger partial charge in [-0.3, -0.25) is 4.79 Å². The lowest BCUT2D eigenvalue weighted by Gasteiger charge is -2.09. The number of aryl methyl sites for hydroxylation is 1. The van der Waals surface area contributed by atoms with Crippen molar-refractivity contribution in [3.63, 3.8) is 0 Å². The number of benzene rings is 1. The predicted molar refractivity (Wildman–Crippen MR) is 74.5 cm³/mol. The number of methoxy groups -OCH3 is 1. The average Bonchev–Trinajstić information content (AvgIpc) is 2.41. The molecule has 0 unspecified atom stereocenters. The van der Waals surface area contributed by atoms with Gasteiger partial charge in [0.05, 0.1) is 19.2 Å². The maximum atomic E-state index is 11.8. The van der Waals surface area contributed by atoms with Gasteiger partial charge in [-0.15, -0.1) is 0 Å². The third kappa shape index (κ3) is 2.88. The summed E-state index contributed by atoms with van der Waals surface area (Å²) in [4.78, 5) is 22.6. The van der Waals surface area contributed by atoms with Gasteiger partial charge in [0.1, 0.15) is 5.75 Å². The molecule has 0 aliphatic heterocycles. The number of ether oxygens (including phenoxy) is 1. The number of aromatic carboxylic acids is 1. The molecule has 0 spiro atoms. The lowest BCUT2D eigenvalue weighted by Crippen LogP contribution is -2.20. The minimum Gasteiger partial charge on any atom is -0.496 e. The fourth-order valence-electron chi connectivity index (χ4n) is 2.01. The van der Waals surface area contributed by atoms with Crippen molar-refractivity contribution >= 4 is 5.97 Å². The predicted octanol–water partition coefficient (Wildman–Crippen LogP) is 1.91. The van der Waals surface area contributed by atoms with Crippen LogP contribution >= 0.6 is 0 Å². The molecule has 0 aliphatic rings. The molecule has 1 heterocycles. The summed E-state index contributed by atoms with van der Waals surface area (Å²) >= 11 is 0. The van der Waals surface area contributed by atoms with Crippen molar-refractivity contribution in [3.8, 4) is 5.75 Å². The van der Waals surface area contributed by atoms with Gasteiger partial charge in [0.15, 0.2) is 0 Å². The minimum absolute atomic E-state index is 0.00263. The topological polar surface area (TPSA) is 68.5 Å². The van der Waals surface area contributed by atoms with Gasteiger partial charge in [-0.05, 0) is 30.2 Å². The molecule has 2 rings (SSSR count). The number of carboxylic acid groups (broad SMARTS) is 1. The van der Waals surface area contributed by atoms with Gasteiger partial charge in [0, 0.05) is 12.3 Å². The smallest absolute Gasteiger partial charge is 0.335 e. The first-order valence-corrected chi connectivity index (χ1v) is 6.08. The van der Waals surface area contributed by atoms with Crippen LogP contribution in [-0.2, 0) is 6.54 Å². The van der Waals surface area contributed by atoms with Gasteiger partial charge in [0.2, 0.25) is 0 Å². The van der Waals surface area contributed by atoms with E-state index in [4.69, 9.17) is 9.84 Å². The highest BCUT2D eigenvalue weighted by Gasteiger charge is 2.06. The van der Waals surface area contributed by atoms with Crippen molar-refractivity contribution in [1.82, 2.24) is 4.57 Å². The normalized spacial score (nSPS) is 10.3. The third-order valence-electron chi connectivity index (χ3n) is 3.06. The molecule has 0 atom stereocenters. The first kappa shape index (κ1) is 13.9. The largest absolute Gasteiger partial charge is 0.496 e. The number of carbonyl (C=O) groups is 1. The van der Waals surface area contributed by atoms with E-state index in [-0.39, 0.29) is 11.1 Å². The zero-order valence-corrected chi connectivity index (χ0v) is 11.3. The molecule has 1 N–H and O–H groups in total. The third-order valence-corrected chi connectivity index (χ3v) is 3.06. The van der Waals surface area contributed by atoms with Crippen molar-refractivity contribution in [2.45, 2.75) is 13.5 Å². The van der Waals surface area contributed by atoms with E-state index < -0.39 is 5.97 Å². The Balaban J connectivity index is 2.28. The number of aromatic nitrogens is 1. The first-order valence-electron chi connectivity index (χ1n) is 6.08. The quantitative estimate of drug-likeness (QED) is 0.924. The van der Waals surface area contributed by atoms with E-state index in [1.54, 1.807) is 7.11 Å². The molecule has 0 radical (unpaired) electrons. The molecule has 0 bridgehead atoms. The number of carboxylic acids is 1. The van der Waals surface area contributed by atoms with Crippen LogP contribution in [0.1, 0.15) is 21.5 Å². The van der Waals surface area contributed by atoms with E-state index >= 15 is 0 Å². The Morgan fingerprint density at radius 2 is 2.05 bits per heavy atom. The van der Waals surface area contributed by atoms with Crippen LogP contribution in [0, 0.1) is 6.92 Å². The number of hydrogen-bond acceptors (Lipinski definition) is 3. The molecular weight excluding hydrogens is 258 g/mol. The van der Waals surface area contributed by atoms with Crippen LogP contribution in [0.25, 0.3) is 0 Å². The maximum absolute atomic E-state index is 11.8. The van der Waals surface area contributed by atoms with Gasteiger partial charge in [-0.25, -0.2) is 4.79 Å². The van der Waals surface area contributed by atoms with Crippen LogP contribution in [0.4, 0.5) is 0 Å². The standard InChI is InChI=1S/C15H15NO4/c1-10-7-11(3-4-13(10)20-2)9-16-6-5-12(15(18)19)8-14(16)17/h3-8H,9H2,1-2H3,(H,18,19). The van der Waals surface area contributed by atoms with E-state index in [9.17, 15) is 9.59 Å².